The van der Waals surface area contributed by atoms with E-state index in [0.717, 1.165) is 13.0 Å². The zero-order valence-corrected chi connectivity index (χ0v) is 11.8. The van der Waals surface area contributed by atoms with Gasteiger partial charge in [0.2, 0.25) is 0 Å². The van der Waals surface area contributed by atoms with Crippen LogP contribution in [0.1, 0.15) is 12.0 Å². The van der Waals surface area contributed by atoms with Crippen molar-refractivity contribution in [3.05, 3.63) is 78.5 Å². The number of nitrogens with one attached hydrogen (secondary N) is 1. The highest BCUT2D eigenvalue weighted by molar-refractivity contribution is 6.04. The molecule has 0 atom stereocenters. The Bertz CT molecular complexity index is 810. The first-order valence-corrected chi connectivity index (χ1v) is 7.43. The van der Waals surface area contributed by atoms with E-state index in [2.05, 4.69) is 78.2 Å². The molecule has 0 bridgehead atoms. The summed E-state index contributed by atoms with van der Waals surface area (Å²) in [5.41, 5.74) is 5.36. The molecule has 1 N–H and O–H groups in total. The molecule has 0 amide bonds. The van der Waals surface area contributed by atoms with Crippen LogP contribution in [-0.2, 0) is 0 Å². The second-order valence-corrected chi connectivity index (χ2v) is 5.45. The Labute approximate surface area is 124 Å². The zero-order chi connectivity index (χ0) is 14.1. The largest absolute Gasteiger partial charge is 0.390 e. The molecule has 0 unspecified atom stereocenters. The van der Waals surface area contributed by atoms with Crippen molar-refractivity contribution >= 4 is 16.3 Å². The van der Waals surface area contributed by atoms with Crippen LogP contribution >= 0.6 is 0 Å². The van der Waals surface area contributed by atoms with Gasteiger partial charge in [0.1, 0.15) is 0 Å². The van der Waals surface area contributed by atoms with Gasteiger partial charge in [-0.05, 0) is 39.5 Å². The molecule has 3 aromatic rings. The van der Waals surface area contributed by atoms with Gasteiger partial charge in [0.05, 0.1) is 0 Å². The van der Waals surface area contributed by atoms with Crippen molar-refractivity contribution < 1.29 is 0 Å². The molecule has 1 heterocycles. The van der Waals surface area contributed by atoms with Crippen LogP contribution in [0.15, 0.2) is 72.9 Å². The highest BCUT2D eigenvalue weighted by Gasteiger charge is 2.13. The molecule has 0 saturated heterocycles. The van der Waals surface area contributed by atoms with Crippen LogP contribution in [0, 0.1) is 0 Å². The quantitative estimate of drug-likeness (QED) is 0.703. The highest BCUT2D eigenvalue weighted by atomic mass is 14.8. The summed E-state index contributed by atoms with van der Waals surface area (Å²) < 4.78 is 0. The van der Waals surface area contributed by atoms with Gasteiger partial charge in [-0.2, -0.15) is 0 Å². The number of rotatable bonds is 2. The number of benzene rings is 3. The number of hydrogen-bond acceptors (Lipinski definition) is 1. The van der Waals surface area contributed by atoms with E-state index in [1.54, 1.807) is 0 Å². The van der Waals surface area contributed by atoms with Gasteiger partial charge >= 0.3 is 0 Å². The summed E-state index contributed by atoms with van der Waals surface area (Å²) in [7, 11) is 0. The van der Waals surface area contributed by atoms with Crippen LogP contribution in [0.4, 0.5) is 0 Å². The van der Waals surface area contributed by atoms with Gasteiger partial charge in [0, 0.05) is 12.7 Å². The van der Waals surface area contributed by atoms with Gasteiger partial charge in [0.25, 0.3) is 0 Å². The molecule has 4 rings (SSSR count). The smallest absolute Gasteiger partial charge is 0.0182 e. The maximum atomic E-state index is 3.33. The van der Waals surface area contributed by atoms with Crippen molar-refractivity contribution in [1.82, 2.24) is 5.32 Å². The van der Waals surface area contributed by atoms with Crippen molar-refractivity contribution in [1.29, 1.82) is 0 Å². The van der Waals surface area contributed by atoms with E-state index < -0.39 is 0 Å². The first kappa shape index (κ1) is 12.2. The molecular weight excluding hydrogens is 254 g/mol. The van der Waals surface area contributed by atoms with Crippen LogP contribution in [0.2, 0.25) is 0 Å². The lowest BCUT2D eigenvalue weighted by Gasteiger charge is -2.12. The summed E-state index contributed by atoms with van der Waals surface area (Å²) in [6.07, 6.45) is 3.26. The minimum Gasteiger partial charge on any atom is -0.390 e. The lowest BCUT2D eigenvalue weighted by molar-refractivity contribution is 0.920. The van der Waals surface area contributed by atoms with Gasteiger partial charge in [-0.15, -0.1) is 0 Å². The molecule has 0 fully saturated rings. The van der Waals surface area contributed by atoms with Crippen molar-refractivity contribution in [2.45, 2.75) is 6.42 Å². The molecule has 0 saturated carbocycles. The molecule has 1 aliphatic heterocycles. The van der Waals surface area contributed by atoms with E-state index in [1.807, 2.05) is 0 Å². The third-order valence-corrected chi connectivity index (χ3v) is 4.15. The topological polar surface area (TPSA) is 12.0 Å². The average molecular weight is 271 g/mol. The van der Waals surface area contributed by atoms with E-state index in [9.17, 15) is 0 Å². The Kier molecular flexibility index (Phi) is 2.97. The normalized spacial score (nSPS) is 14.0. The predicted molar refractivity (Wildman–Crippen MR) is 90.0 cm³/mol. The fourth-order valence-corrected chi connectivity index (χ4v) is 3.15. The van der Waals surface area contributed by atoms with Crippen molar-refractivity contribution in [2.24, 2.45) is 0 Å². The van der Waals surface area contributed by atoms with E-state index in [0.29, 0.717) is 0 Å². The SMILES string of the molecule is C1=C(c2cccc3cccc(-c4ccccc4)c23)CCN1. The molecule has 102 valence electrons. The molecular formula is C20H17N. The summed E-state index contributed by atoms with van der Waals surface area (Å²) >= 11 is 0. The van der Waals surface area contributed by atoms with Crippen LogP contribution in [0.25, 0.3) is 27.5 Å². The second kappa shape index (κ2) is 5.10. The Morgan fingerprint density at radius 2 is 1.48 bits per heavy atom. The van der Waals surface area contributed by atoms with Crippen LogP contribution in [0.3, 0.4) is 0 Å². The monoisotopic (exact) mass is 271 g/mol. The van der Waals surface area contributed by atoms with Gasteiger partial charge in [-0.3, -0.25) is 0 Å². The minimum absolute atomic E-state index is 1.04. The standard InChI is InChI=1S/C20H17N/c1-2-6-15(7-3-1)18-10-4-8-16-9-5-11-19(20(16)18)17-12-13-21-14-17/h1-11,14,21H,12-13H2. The van der Waals surface area contributed by atoms with Gasteiger partial charge in [-0.1, -0.05) is 66.7 Å². The fraction of sp³-hybridized carbons (Fsp3) is 0.100. The Balaban J connectivity index is 2.03. The summed E-state index contributed by atoms with van der Waals surface area (Å²) in [4.78, 5) is 0. The molecule has 0 aromatic heterocycles. The molecule has 3 aromatic carbocycles. The molecule has 0 radical (unpaired) electrons. The minimum atomic E-state index is 1.04. The van der Waals surface area contributed by atoms with E-state index in [4.69, 9.17) is 0 Å². The summed E-state index contributed by atoms with van der Waals surface area (Å²) in [6.45, 7) is 1.04. The highest BCUT2D eigenvalue weighted by Crippen LogP contribution is 2.35. The third kappa shape index (κ3) is 2.11. The maximum absolute atomic E-state index is 3.33. The average Bonchev–Trinajstić information content (AvgIpc) is 3.09. The van der Waals surface area contributed by atoms with Crippen LogP contribution < -0.4 is 5.32 Å². The molecule has 1 aliphatic rings. The van der Waals surface area contributed by atoms with E-state index in [1.165, 1.54) is 33.0 Å². The van der Waals surface area contributed by atoms with Crippen molar-refractivity contribution in [3.63, 3.8) is 0 Å². The molecule has 0 spiro atoms. The lowest BCUT2D eigenvalue weighted by atomic mass is 9.91. The second-order valence-electron chi connectivity index (χ2n) is 5.45. The molecule has 0 aliphatic carbocycles. The fourth-order valence-electron chi connectivity index (χ4n) is 3.15. The first-order chi connectivity index (χ1) is 10.4. The Morgan fingerprint density at radius 1 is 0.714 bits per heavy atom. The Morgan fingerprint density at radius 3 is 2.19 bits per heavy atom. The zero-order valence-electron chi connectivity index (χ0n) is 11.8. The van der Waals surface area contributed by atoms with Gasteiger partial charge in [-0.25, -0.2) is 0 Å². The van der Waals surface area contributed by atoms with Gasteiger partial charge in [0.15, 0.2) is 0 Å². The van der Waals surface area contributed by atoms with E-state index in [-0.39, 0.29) is 0 Å². The van der Waals surface area contributed by atoms with E-state index >= 15 is 0 Å². The third-order valence-electron chi connectivity index (χ3n) is 4.15. The molecule has 21 heavy (non-hydrogen) atoms. The van der Waals surface area contributed by atoms with Crippen LogP contribution in [-0.4, -0.2) is 6.54 Å². The Hall–Kier alpha value is -2.54. The number of fused-ring (bicyclic) bond motifs is 1. The van der Waals surface area contributed by atoms with Crippen molar-refractivity contribution in [2.75, 3.05) is 6.54 Å². The number of hydrogen-bond donors (Lipinski definition) is 1. The lowest BCUT2D eigenvalue weighted by Crippen LogP contribution is -1.96. The summed E-state index contributed by atoms with van der Waals surface area (Å²) in [5, 5.41) is 6.00. The first-order valence-electron chi connectivity index (χ1n) is 7.43. The van der Waals surface area contributed by atoms with Crippen LogP contribution in [0.5, 0.6) is 0 Å². The molecule has 1 nitrogen and oxygen atoms in total. The molecule has 1 heteroatoms. The van der Waals surface area contributed by atoms with Crippen molar-refractivity contribution in [3.8, 4) is 11.1 Å². The maximum Gasteiger partial charge on any atom is 0.0182 e. The summed E-state index contributed by atoms with van der Waals surface area (Å²) in [5.74, 6) is 0. The predicted octanol–water partition coefficient (Wildman–Crippen LogP) is 4.84. The summed E-state index contributed by atoms with van der Waals surface area (Å²) in [6, 6.07) is 23.8. The van der Waals surface area contributed by atoms with Gasteiger partial charge < -0.3 is 5.32 Å².